The average molecular weight is 241 g/mol. The summed E-state index contributed by atoms with van der Waals surface area (Å²) in [5, 5.41) is 11.6. The summed E-state index contributed by atoms with van der Waals surface area (Å²) >= 11 is 0. The molecular formula is C13H23NO3. The van der Waals surface area contributed by atoms with Crippen LogP contribution >= 0.6 is 0 Å². The number of carboxylic acids is 1. The summed E-state index contributed by atoms with van der Waals surface area (Å²) in [4.78, 5) is 22.7. The molecular weight excluding hydrogens is 218 g/mol. The standard InChI is InChI=1S/C13H23NO3/c1-2-3-8-11(13(16)17)14-12(15)9-10-6-4-5-7-10/h10-11H,2-9H2,1H3,(H,14,15)(H,16,17). The molecule has 1 saturated carbocycles. The Bertz CT molecular complexity index is 259. The number of unbranched alkanes of at least 4 members (excludes halogenated alkanes) is 1. The topological polar surface area (TPSA) is 66.4 Å². The van der Waals surface area contributed by atoms with E-state index in [0.29, 0.717) is 18.8 Å². The van der Waals surface area contributed by atoms with Crippen LogP contribution in [0.3, 0.4) is 0 Å². The van der Waals surface area contributed by atoms with E-state index in [1.165, 1.54) is 12.8 Å². The largest absolute Gasteiger partial charge is 0.480 e. The number of carboxylic acid groups (broad SMARTS) is 1. The number of aliphatic carboxylic acids is 1. The first-order valence-corrected chi connectivity index (χ1v) is 6.65. The van der Waals surface area contributed by atoms with Crippen LogP contribution in [0.25, 0.3) is 0 Å². The SMILES string of the molecule is CCCCC(NC(=O)CC1CCCC1)C(=O)O. The van der Waals surface area contributed by atoms with Gasteiger partial charge in [0.1, 0.15) is 6.04 Å². The van der Waals surface area contributed by atoms with Crippen LogP contribution in [0.4, 0.5) is 0 Å². The Balaban J connectivity index is 2.32. The Labute approximate surface area is 103 Å². The van der Waals surface area contributed by atoms with E-state index in [4.69, 9.17) is 5.11 Å². The third-order valence-electron chi connectivity index (χ3n) is 3.43. The third kappa shape index (κ3) is 5.20. The smallest absolute Gasteiger partial charge is 0.326 e. The maximum absolute atomic E-state index is 11.7. The normalized spacial score (nSPS) is 17.9. The molecule has 4 heteroatoms. The van der Waals surface area contributed by atoms with Crippen LogP contribution in [0.2, 0.25) is 0 Å². The maximum atomic E-state index is 11.7. The van der Waals surface area contributed by atoms with Gasteiger partial charge in [-0.2, -0.15) is 0 Å². The predicted octanol–water partition coefficient (Wildman–Crippen LogP) is 2.33. The number of carbonyl (C=O) groups excluding carboxylic acids is 1. The van der Waals surface area contributed by atoms with E-state index in [2.05, 4.69) is 5.32 Å². The van der Waals surface area contributed by atoms with E-state index in [1.54, 1.807) is 0 Å². The van der Waals surface area contributed by atoms with Crippen molar-refractivity contribution < 1.29 is 14.7 Å². The first-order valence-electron chi connectivity index (χ1n) is 6.65. The second kappa shape index (κ2) is 7.30. The molecule has 4 nitrogen and oxygen atoms in total. The lowest BCUT2D eigenvalue weighted by molar-refractivity contribution is -0.142. The molecule has 1 unspecified atom stereocenters. The lowest BCUT2D eigenvalue weighted by atomic mass is 10.0. The van der Waals surface area contributed by atoms with Crippen molar-refractivity contribution in [3.63, 3.8) is 0 Å². The highest BCUT2D eigenvalue weighted by Gasteiger charge is 2.22. The highest BCUT2D eigenvalue weighted by molar-refractivity contribution is 5.83. The summed E-state index contributed by atoms with van der Waals surface area (Å²) in [5.41, 5.74) is 0. The van der Waals surface area contributed by atoms with Crippen molar-refractivity contribution in [3.05, 3.63) is 0 Å². The van der Waals surface area contributed by atoms with E-state index in [9.17, 15) is 9.59 Å². The first kappa shape index (κ1) is 14.0. The van der Waals surface area contributed by atoms with Crippen LogP contribution in [0.1, 0.15) is 58.3 Å². The van der Waals surface area contributed by atoms with Crippen molar-refractivity contribution in [2.45, 2.75) is 64.3 Å². The molecule has 1 rings (SSSR count). The second-order valence-electron chi connectivity index (χ2n) is 4.96. The molecule has 17 heavy (non-hydrogen) atoms. The molecule has 0 radical (unpaired) electrons. The van der Waals surface area contributed by atoms with Crippen LogP contribution in [0.5, 0.6) is 0 Å². The Kier molecular flexibility index (Phi) is 6.01. The zero-order chi connectivity index (χ0) is 12.7. The van der Waals surface area contributed by atoms with E-state index in [1.807, 2.05) is 6.92 Å². The van der Waals surface area contributed by atoms with Crippen molar-refractivity contribution in [1.29, 1.82) is 0 Å². The summed E-state index contributed by atoms with van der Waals surface area (Å²) in [6.45, 7) is 2.01. The molecule has 1 atom stereocenters. The van der Waals surface area contributed by atoms with Crippen molar-refractivity contribution in [3.8, 4) is 0 Å². The minimum absolute atomic E-state index is 0.0968. The van der Waals surface area contributed by atoms with Crippen molar-refractivity contribution in [2.24, 2.45) is 5.92 Å². The van der Waals surface area contributed by atoms with Gasteiger partial charge in [-0.15, -0.1) is 0 Å². The molecule has 0 aromatic carbocycles. The zero-order valence-corrected chi connectivity index (χ0v) is 10.6. The molecule has 0 aromatic heterocycles. The van der Waals surface area contributed by atoms with E-state index < -0.39 is 12.0 Å². The van der Waals surface area contributed by atoms with E-state index >= 15 is 0 Å². The minimum Gasteiger partial charge on any atom is -0.480 e. The van der Waals surface area contributed by atoms with Gasteiger partial charge in [-0.1, -0.05) is 32.6 Å². The first-order chi connectivity index (χ1) is 8.13. The fourth-order valence-corrected chi connectivity index (χ4v) is 2.40. The van der Waals surface area contributed by atoms with Gasteiger partial charge in [-0.3, -0.25) is 4.79 Å². The fourth-order valence-electron chi connectivity index (χ4n) is 2.40. The van der Waals surface area contributed by atoms with Gasteiger partial charge in [-0.05, 0) is 25.2 Å². The quantitative estimate of drug-likeness (QED) is 0.719. The molecule has 1 aliphatic carbocycles. The van der Waals surface area contributed by atoms with Gasteiger partial charge in [0.15, 0.2) is 0 Å². The van der Waals surface area contributed by atoms with E-state index in [-0.39, 0.29) is 5.91 Å². The summed E-state index contributed by atoms with van der Waals surface area (Å²) < 4.78 is 0. The van der Waals surface area contributed by atoms with Crippen LogP contribution in [-0.4, -0.2) is 23.0 Å². The van der Waals surface area contributed by atoms with Crippen molar-refractivity contribution >= 4 is 11.9 Å². The number of hydrogen-bond acceptors (Lipinski definition) is 2. The number of carbonyl (C=O) groups is 2. The molecule has 1 fully saturated rings. The Morgan fingerprint density at radius 2 is 2.00 bits per heavy atom. The lowest BCUT2D eigenvalue weighted by Gasteiger charge is -2.15. The summed E-state index contributed by atoms with van der Waals surface area (Å²) in [7, 11) is 0. The predicted molar refractivity (Wildman–Crippen MR) is 65.7 cm³/mol. The highest BCUT2D eigenvalue weighted by atomic mass is 16.4. The molecule has 0 aliphatic heterocycles. The average Bonchev–Trinajstić information content (AvgIpc) is 2.76. The van der Waals surface area contributed by atoms with Crippen molar-refractivity contribution in [1.82, 2.24) is 5.32 Å². The van der Waals surface area contributed by atoms with Gasteiger partial charge >= 0.3 is 5.97 Å². The molecule has 0 spiro atoms. The van der Waals surface area contributed by atoms with Crippen LogP contribution < -0.4 is 5.32 Å². The van der Waals surface area contributed by atoms with Gasteiger partial charge < -0.3 is 10.4 Å². The summed E-state index contributed by atoms with van der Waals surface area (Å²) in [5.74, 6) is -0.547. The minimum atomic E-state index is -0.918. The van der Waals surface area contributed by atoms with E-state index in [0.717, 1.165) is 25.7 Å². The number of rotatable bonds is 7. The van der Waals surface area contributed by atoms with Gasteiger partial charge in [0.05, 0.1) is 0 Å². The Morgan fingerprint density at radius 3 is 2.53 bits per heavy atom. The fraction of sp³-hybridized carbons (Fsp3) is 0.846. The van der Waals surface area contributed by atoms with Crippen LogP contribution in [0.15, 0.2) is 0 Å². The Morgan fingerprint density at radius 1 is 1.35 bits per heavy atom. The summed E-state index contributed by atoms with van der Waals surface area (Å²) in [6, 6.07) is -0.705. The van der Waals surface area contributed by atoms with Crippen LogP contribution in [-0.2, 0) is 9.59 Å². The highest BCUT2D eigenvalue weighted by Crippen LogP contribution is 2.27. The van der Waals surface area contributed by atoms with Gasteiger partial charge in [0, 0.05) is 6.42 Å². The monoisotopic (exact) mass is 241 g/mol. The molecule has 0 bridgehead atoms. The molecule has 2 N–H and O–H groups in total. The second-order valence-corrected chi connectivity index (χ2v) is 4.96. The number of amides is 1. The van der Waals surface area contributed by atoms with Crippen LogP contribution in [0, 0.1) is 5.92 Å². The maximum Gasteiger partial charge on any atom is 0.326 e. The molecule has 1 amide bonds. The summed E-state index contributed by atoms with van der Waals surface area (Å²) in [6.07, 6.45) is 7.44. The molecule has 1 aliphatic rings. The Hall–Kier alpha value is -1.06. The molecule has 0 heterocycles. The van der Waals surface area contributed by atoms with Crippen molar-refractivity contribution in [2.75, 3.05) is 0 Å². The third-order valence-corrected chi connectivity index (χ3v) is 3.43. The zero-order valence-electron chi connectivity index (χ0n) is 10.6. The molecule has 0 saturated heterocycles. The lowest BCUT2D eigenvalue weighted by Crippen LogP contribution is -2.41. The number of hydrogen-bond donors (Lipinski definition) is 2. The molecule has 98 valence electrons. The van der Waals surface area contributed by atoms with Gasteiger partial charge in [0.25, 0.3) is 0 Å². The number of nitrogens with one attached hydrogen (secondary N) is 1. The van der Waals surface area contributed by atoms with Gasteiger partial charge in [-0.25, -0.2) is 4.79 Å². The molecule has 0 aromatic rings. The van der Waals surface area contributed by atoms with Gasteiger partial charge in [0.2, 0.25) is 5.91 Å².